The van der Waals surface area contributed by atoms with Crippen molar-refractivity contribution in [1.82, 2.24) is 9.71 Å². The molecule has 1 rings (SSSR count). The van der Waals surface area contributed by atoms with Crippen LogP contribution in [-0.4, -0.2) is 32.7 Å². The number of pyridine rings is 1. The first-order chi connectivity index (χ1) is 8.51. The van der Waals surface area contributed by atoms with Crippen molar-refractivity contribution in [2.45, 2.75) is 24.8 Å². The van der Waals surface area contributed by atoms with Crippen molar-refractivity contribution in [1.29, 1.82) is 5.26 Å². The molecule has 0 spiro atoms. The van der Waals surface area contributed by atoms with Gasteiger partial charge < -0.3 is 4.74 Å². The molecule has 1 aromatic heterocycles. The fourth-order valence-electron chi connectivity index (χ4n) is 1.35. The van der Waals surface area contributed by atoms with Crippen molar-refractivity contribution in [2.75, 3.05) is 13.2 Å². The molecule has 0 saturated heterocycles. The molecule has 0 aromatic carbocycles. The van der Waals surface area contributed by atoms with Gasteiger partial charge in [-0.2, -0.15) is 5.26 Å². The van der Waals surface area contributed by atoms with E-state index in [1.54, 1.807) is 13.0 Å². The van der Waals surface area contributed by atoms with Crippen LogP contribution in [0.2, 0.25) is 0 Å². The van der Waals surface area contributed by atoms with Gasteiger partial charge in [-0.3, -0.25) is 0 Å². The van der Waals surface area contributed by atoms with Crippen molar-refractivity contribution in [3.8, 4) is 6.07 Å². The van der Waals surface area contributed by atoms with Gasteiger partial charge in [0.2, 0.25) is 10.0 Å². The maximum absolute atomic E-state index is 12.0. The largest absolute Gasteiger partial charge is 0.380 e. The van der Waals surface area contributed by atoms with Crippen molar-refractivity contribution in [3.63, 3.8) is 0 Å². The zero-order valence-corrected chi connectivity index (χ0v) is 11.1. The molecule has 1 atom stereocenters. The van der Waals surface area contributed by atoms with Crippen LogP contribution in [0.25, 0.3) is 0 Å². The van der Waals surface area contributed by atoms with E-state index in [2.05, 4.69) is 9.71 Å². The summed E-state index contributed by atoms with van der Waals surface area (Å²) in [5, 5.41) is 8.83. The van der Waals surface area contributed by atoms with Crippen LogP contribution in [0.4, 0.5) is 0 Å². The van der Waals surface area contributed by atoms with Crippen LogP contribution in [0.1, 0.15) is 19.5 Å². The second-order valence-electron chi connectivity index (χ2n) is 3.64. The summed E-state index contributed by atoms with van der Waals surface area (Å²) in [5.74, 6) is 0. The quantitative estimate of drug-likeness (QED) is 0.818. The second-order valence-corrected chi connectivity index (χ2v) is 5.33. The Morgan fingerprint density at radius 1 is 1.61 bits per heavy atom. The van der Waals surface area contributed by atoms with Gasteiger partial charge in [0.1, 0.15) is 11.0 Å². The summed E-state index contributed by atoms with van der Waals surface area (Å²) < 4.78 is 31.6. The van der Waals surface area contributed by atoms with E-state index in [1.807, 2.05) is 6.92 Å². The topological polar surface area (TPSA) is 92.1 Å². The average Bonchev–Trinajstić information content (AvgIpc) is 2.35. The van der Waals surface area contributed by atoms with E-state index in [4.69, 9.17) is 10.00 Å². The molecule has 0 aliphatic carbocycles. The van der Waals surface area contributed by atoms with Crippen molar-refractivity contribution in [2.24, 2.45) is 0 Å². The van der Waals surface area contributed by atoms with Crippen LogP contribution in [0.5, 0.6) is 0 Å². The van der Waals surface area contributed by atoms with Gasteiger partial charge in [0.15, 0.2) is 5.69 Å². The molecule has 0 aliphatic rings. The Hall–Kier alpha value is -1.49. The van der Waals surface area contributed by atoms with Crippen LogP contribution < -0.4 is 4.72 Å². The van der Waals surface area contributed by atoms with Crippen molar-refractivity contribution in [3.05, 3.63) is 24.0 Å². The van der Waals surface area contributed by atoms with Gasteiger partial charge in [0.25, 0.3) is 0 Å². The zero-order valence-electron chi connectivity index (χ0n) is 10.3. The minimum absolute atomic E-state index is 0.115. The average molecular weight is 269 g/mol. The van der Waals surface area contributed by atoms with Crippen LogP contribution in [0.15, 0.2) is 23.2 Å². The Morgan fingerprint density at radius 2 is 2.33 bits per heavy atom. The Kier molecular flexibility index (Phi) is 5.22. The number of sulfonamides is 1. The number of nitrogens with zero attached hydrogens (tertiary/aromatic N) is 2. The molecule has 0 fully saturated rings. The van der Waals surface area contributed by atoms with Crippen molar-refractivity contribution >= 4 is 10.0 Å². The molecule has 0 amide bonds. The minimum Gasteiger partial charge on any atom is -0.380 e. The third kappa shape index (κ3) is 3.77. The predicted octanol–water partition coefficient (Wildman–Crippen LogP) is 0.657. The Bertz CT molecular complexity index is 537. The van der Waals surface area contributed by atoms with Gasteiger partial charge in [-0.1, -0.05) is 0 Å². The SMILES string of the molecule is CCOCC(C)NS(=O)(=O)c1cccnc1C#N. The highest BCUT2D eigenvalue weighted by molar-refractivity contribution is 7.89. The first kappa shape index (κ1) is 14.6. The van der Waals surface area contributed by atoms with E-state index in [0.717, 1.165) is 0 Å². The van der Waals surface area contributed by atoms with E-state index in [-0.39, 0.29) is 23.2 Å². The first-order valence-corrected chi connectivity index (χ1v) is 6.94. The first-order valence-electron chi connectivity index (χ1n) is 5.46. The predicted molar refractivity (Wildman–Crippen MR) is 65.2 cm³/mol. The molecule has 0 radical (unpaired) electrons. The Labute approximate surface area is 107 Å². The summed E-state index contributed by atoms with van der Waals surface area (Å²) in [6, 6.07) is 4.21. The molecule has 98 valence electrons. The number of ether oxygens (including phenoxy) is 1. The lowest BCUT2D eigenvalue weighted by Crippen LogP contribution is -2.36. The molecule has 18 heavy (non-hydrogen) atoms. The molecular formula is C11H15N3O3S. The number of rotatable bonds is 6. The van der Waals surface area contributed by atoms with Gasteiger partial charge in [-0.25, -0.2) is 18.1 Å². The molecular weight excluding hydrogens is 254 g/mol. The maximum atomic E-state index is 12.0. The Balaban J connectivity index is 2.90. The van der Waals surface area contributed by atoms with E-state index in [1.165, 1.54) is 18.3 Å². The highest BCUT2D eigenvalue weighted by Gasteiger charge is 2.21. The molecule has 0 saturated carbocycles. The highest BCUT2D eigenvalue weighted by atomic mass is 32.2. The number of hydrogen-bond acceptors (Lipinski definition) is 5. The molecule has 1 aromatic rings. The third-order valence-corrected chi connectivity index (χ3v) is 3.72. The lowest BCUT2D eigenvalue weighted by atomic mass is 10.4. The number of aromatic nitrogens is 1. The fraction of sp³-hybridized carbons (Fsp3) is 0.455. The number of nitrogens with one attached hydrogen (secondary N) is 1. The molecule has 0 aliphatic heterocycles. The van der Waals surface area contributed by atoms with E-state index >= 15 is 0 Å². The zero-order chi connectivity index (χ0) is 13.6. The molecule has 1 heterocycles. The maximum Gasteiger partial charge on any atom is 0.243 e. The molecule has 7 heteroatoms. The van der Waals surface area contributed by atoms with Gasteiger partial charge in [0.05, 0.1) is 6.61 Å². The van der Waals surface area contributed by atoms with Gasteiger partial charge in [-0.05, 0) is 26.0 Å². The van der Waals surface area contributed by atoms with Gasteiger partial charge in [-0.15, -0.1) is 0 Å². The van der Waals surface area contributed by atoms with Gasteiger partial charge >= 0.3 is 0 Å². The standard InChI is InChI=1S/C11H15N3O3S/c1-3-17-8-9(2)14-18(15,16)11-5-4-6-13-10(11)7-12/h4-6,9,14H,3,8H2,1-2H3. The summed E-state index contributed by atoms with van der Waals surface area (Å²) in [7, 11) is -3.75. The summed E-state index contributed by atoms with van der Waals surface area (Å²) in [6.07, 6.45) is 1.38. The number of hydrogen-bond donors (Lipinski definition) is 1. The van der Waals surface area contributed by atoms with E-state index in [9.17, 15) is 8.42 Å². The van der Waals surface area contributed by atoms with E-state index in [0.29, 0.717) is 6.61 Å². The van der Waals surface area contributed by atoms with E-state index < -0.39 is 10.0 Å². The third-order valence-electron chi connectivity index (χ3n) is 2.09. The Morgan fingerprint density at radius 3 is 2.94 bits per heavy atom. The lowest BCUT2D eigenvalue weighted by molar-refractivity contribution is 0.133. The second kappa shape index (κ2) is 6.44. The summed E-state index contributed by atoms with van der Waals surface area (Å²) in [6.45, 7) is 4.31. The van der Waals surface area contributed by atoms with Gasteiger partial charge in [0, 0.05) is 18.8 Å². The normalized spacial score (nSPS) is 12.9. The van der Waals surface area contributed by atoms with Crippen LogP contribution in [0, 0.1) is 11.3 Å². The fourth-order valence-corrected chi connectivity index (χ4v) is 2.68. The summed E-state index contributed by atoms with van der Waals surface area (Å²) >= 11 is 0. The van der Waals surface area contributed by atoms with Crippen LogP contribution in [0.3, 0.4) is 0 Å². The van der Waals surface area contributed by atoms with Crippen LogP contribution in [-0.2, 0) is 14.8 Å². The lowest BCUT2D eigenvalue weighted by Gasteiger charge is -2.14. The summed E-state index contributed by atoms with van der Waals surface area (Å²) in [5.41, 5.74) is -0.117. The smallest absolute Gasteiger partial charge is 0.243 e. The van der Waals surface area contributed by atoms with Crippen molar-refractivity contribution < 1.29 is 13.2 Å². The number of nitriles is 1. The highest BCUT2D eigenvalue weighted by Crippen LogP contribution is 2.12. The molecule has 1 N–H and O–H groups in total. The van der Waals surface area contributed by atoms with Crippen LogP contribution >= 0.6 is 0 Å². The monoisotopic (exact) mass is 269 g/mol. The molecule has 6 nitrogen and oxygen atoms in total. The molecule has 1 unspecified atom stereocenters. The summed E-state index contributed by atoms with van der Waals surface area (Å²) in [4.78, 5) is 3.61. The molecule has 0 bridgehead atoms. The minimum atomic E-state index is -3.75.